The molecule has 3 rings (SSSR count). The van der Waals surface area contributed by atoms with Gasteiger partial charge in [-0.3, -0.25) is 0 Å². The first-order valence-corrected chi connectivity index (χ1v) is 7.12. The molecule has 0 unspecified atom stereocenters. The Balaban J connectivity index is 2.07. The molecule has 0 N–H and O–H groups in total. The maximum atomic E-state index is 2.33. The van der Waals surface area contributed by atoms with Gasteiger partial charge in [-0.15, -0.1) is 0 Å². The van der Waals surface area contributed by atoms with Crippen LogP contribution in [0.15, 0.2) is 53.4 Å². The molecule has 1 atom stereocenters. The van der Waals surface area contributed by atoms with Crippen molar-refractivity contribution < 1.29 is 4.57 Å². The first-order valence-electron chi connectivity index (χ1n) is 6.18. The molecule has 2 aromatic carbocycles. The van der Waals surface area contributed by atoms with Crippen LogP contribution in [0.3, 0.4) is 0 Å². The molecule has 0 radical (unpaired) electrons. The maximum Gasteiger partial charge on any atom is 0.225 e. The van der Waals surface area contributed by atoms with E-state index in [4.69, 9.17) is 0 Å². The Bertz CT molecular complexity index is 684. The average Bonchev–Trinajstić information content (AvgIpc) is 2.83. The first kappa shape index (κ1) is 11.4. The van der Waals surface area contributed by atoms with Crippen molar-refractivity contribution in [1.29, 1.82) is 0 Å². The molecule has 3 aromatic rings. The number of aromatic nitrogens is 1. The Morgan fingerprint density at radius 3 is 2.56 bits per heavy atom. The Hall–Kier alpha value is -1.67. The molecule has 0 aliphatic heterocycles. The molecule has 0 amide bonds. The summed E-state index contributed by atoms with van der Waals surface area (Å²) in [7, 11) is 0. The molecule has 18 heavy (non-hydrogen) atoms. The van der Waals surface area contributed by atoms with Crippen LogP contribution in [-0.4, -0.2) is 0 Å². The Morgan fingerprint density at radius 2 is 1.83 bits per heavy atom. The van der Waals surface area contributed by atoms with Crippen LogP contribution in [-0.2, 0) is 0 Å². The lowest BCUT2D eigenvalue weighted by molar-refractivity contribution is -0.711. The normalized spacial score (nSPS) is 12.8. The van der Waals surface area contributed by atoms with Gasteiger partial charge in [-0.1, -0.05) is 47.7 Å². The minimum Gasteiger partial charge on any atom is -0.186 e. The Kier molecular flexibility index (Phi) is 2.88. The zero-order valence-corrected chi connectivity index (χ0v) is 11.4. The van der Waals surface area contributed by atoms with Crippen molar-refractivity contribution >= 4 is 22.1 Å². The summed E-state index contributed by atoms with van der Waals surface area (Å²) >= 11 is 1.76. The summed E-state index contributed by atoms with van der Waals surface area (Å²) in [5.74, 6) is 0. The molecule has 0 saturated carbocycles. The molecule has 0 bridgehead atoms. The van der Waals surface area contributed by atoms with Gasteiger partial charge in [-0.05, 0) is 16.8 Å². The number of hydrogen-bond donors (Lipinski definition) is 0. The lowest BCUT2D eigenvalue weighted by Gasteiger charge is -2.08. The minimum atomic E-state index is 0.390. The van der Waals surface area contributed by atoms with Gasteiger partial charge in [0, 0.05) is 19.4 Å². The molecule has 2 heteroatoms. The first-order chi connectivity index (χ1) is 8.75. The van der Waals surface area contributed by atoms with Crippen LogP contribution in [0.4, 0.5) is 0 Å². The quantitative estimate of drug-likeness (QED) is 0.606. The van der Waals surface area contributed by atoms with Gasteiger partial charge in [0.05, 0.1) is 5.38 Å². The van der Waals surface area contributed by atoms with Crippen LogP contribution in [0, 0.1) is 6.92 Å². The largest absolute Gasteiger partial charge is 0.225 e. The summed E-state index contributed by atoms with van der Waals surface area (Å²) in [6.07, 6.45) is 0. The van der Waals surface area contributed by atoms with Gasteiger partial charge < -0.3 is 0 Å². The van der Waals surface area contributed by atoms with Crippen molar-refractivity contribution in [2.75, 3.05) is 0 Å². The molecule has 1 nitrogen and oxygen atoms in total. The highest BCUT2D eigenvalue weighted by Crippen LogP contribution is 2.20. The van der Waals surface area contributed by atoms with Crippen LogP contribution < -0.4 is 4.57 Å². The van der Waals surface area contributed by atoms with Crippen LogP contribution in [0.2, 0.25) is 0 Å². The molecular weight excluding hydrogens is 238 g/mol. The second kappa shape index (κ2) is 4.54. The number of aryl methyl sites for hydroxylation is 1. The molecule has 1 aromatic heterocycles. The number of rotatable bonds is 2. The fourth-order valence-electron chi connectivity index (χ4n) is 2.36. The third-order valence-electron chi connectivity index (χ3n) is 3.49. The van der Waals surface area contributed by atoms with E-state index in [2.05, 4.69) is 71.8 Å². The highest BCUT2D eigenvalue weighted by molar-refractivity contribution is 7.07. The average molecular weight is 254 g/mol. The van der Waals surface area contributed by atoms with Crippen molar-refractivity contribution in [2.45, 2.75) is 19.9 Å². The maximum absolute atomic E-state index is 2.33. The second-order valence-corrected chi connectivity index (χ2v) is 5.41. The van der Waals surface area contributed by atoms with Crippen LogP contribution in [0.1, 0.15) is 24.2 Å². The predicted molar refractivity (Wildman–Crippen MR) is 77.0 cm³/mol. The van der Waals surface area contributed by atoms with Crippen molar-refractivity contribution in [3.63, 3.8) is 0 Å². The summed E-state index contributed by atoms with van der Waals surface area (Å²) < 4.78 is 2.33. The third-order valence-corrected chi connectivity index (χ3v) is 4.32. The highest BCUT2D eigenvalue weighted by Gasteiger charge is 2.18. The number of benzene rings is 2. The molecule has 90 valence electrons. The van der Waals surface area contributed by atoms with E-state index in [1.807, 2.05) is 0 Å². The smallest absolute Gasteiger partial charge is 0.186 e. The highest BCUT2D eigenvalue weighted by atomic mass is 32.1. The standard InChI is InChI=1S/C16H16NS/c1-12-10-18-11-17(12)13(2)15-8-7-14-5-3-4-6-16(14)9-15/h3-11,13H,1-2H3/q+1/t13-/m0/s1. The summed E-state index contributed by atoms with van der Waals surface area (Å²) in [4.78, 5) is 0. The molecule has 0 spiro atoms. The van der Waals surface area contributed by atoms with Gasteiger partial charge in [0.15, 0.2) is 11.7 Å². The summed E-state index contributed by atoms with van der Waals surface area (Å²) in [5.41, 5.74) is 4.87. The Morgan fingerprint density at radius 1 is 1.06 bits per heavy atom. The van der Waals surface area contributed by atoms with Gasteiger partial charge >= 0.3 is 0 Å². The second-order valence-electron chi connectivity index (χ2n) is 4.69. The molecule has 0 saturated heterocycles. The molecule has 0 fully saturated rings. The van der Waals surface area contributed by atoms with Crippen molar-refractivity contribution in [3.8, 4) is 0 Å². The fraction of sp³-hybridized carbons (Fsp3) is 0.188. The molecule has 0 aliphatic rings. The number of nitrogens with zero attached hydrogens (tertiary/aromatic N) is 1. The van der Waals surface area contributed by atoms with Gasteiger partial charge in [-0.2, -0.15) is 4.57 Å². The summed E-state index contributed by atoms with van der Waals surface area (Å²) in [6, 6.07) is 15.7. The zero-order valence-electron chi connectivity index (χ0n) is 10.6. The van der Waals surface area contributed by atoms with Crippen LogP contribution >= 0.6 is 11.3 Å². The number of hydrogen-bond acceptors (Lipinski definition) is 1. The number of fused-ring (bicyclic) bond motifs is 1. The van der Waals surface area contributed by atoms with Crippen molar-refractivity contribution in [3.05, 3.63) is 64.6 Å². The van der Waals surface area contributed by atoms with Gasteiger partial charge in [0.1, 0.15) is 0 Å². The molecular formula is C16H16NS+. The predicted octanol–water partition coefficient (Wildman–Crippen LogP) is 4.11. The molecule has 1 heterocycles. The third kappa shape index (κ3) is 1.93. The SMILES string of the molecule is Cc1csc[n+]1[C@@H](C)c1ccc2ccccc2c1. The van der Waals surface area contributed by atoms with E-state index in [1.54, 1.807) is 11.3 Å². The topological polar surface area (TPSA) is 3.88 Å². The zero-order chi connectivity index (χ0) is 12.5. The van der Waals surface area contributed by atoms with E-state index >= 15 is 0 Å². The van der Waals surface area contributed by atoms with Crippen molar-refractivity contribution in [2.24, 2.45) is 0 Å². The summed E-state index contributed by atoms with van der Waals surface area (Å²) in [5, 5.41) is 4.81. The number of thiazole rings is 1. The van der Waals surface area contributed by atoms with Crippen molar-refractivity contribution in [1.82, 2.24) is 0 Å². The molecule has 0 aliphatic carbocycles. The monoisotopic (exact) mass is 254 g/mol. The van der Waals surface area contributed by atoms with Gasteiger partial charge in [0.2, 0.25) is 5.51 Å². The van der Waals surface area contributed by atoms with Gasteiger partial charge in [-0.25, -0.2) is 0 Å². The van der Waals surface area contributed by atoms with E-state index in [0.29, 0.717) is 6.04 Å². The lowest BCUT2D eigenvalue weighted by atomic mass is 10.0. The van der Waals surface area contributed by atoms with E-state index in [0.717, 1.165) is 0 Å². The Labute approximate surface area is 111 Å². The van der Waals surface area contributed by atoms with Gasteiger partial charge in [0.25, 0.3) is 0 Å². The minimum absolute atomic E-state index is 0.390. The van der Waals surface area contributed by atoms with Crippen LogP contribution in [0.5, 0.6) is 0 Å². The summed E-state index contributed by atoms with van der Waals surface area (Å²) in [6.45, 7) is 4.41. The van der Waals surface area contributed by atoms with Crippen LogP contribution in [0.25, 0.3) is 10.8 Å². The van der Waals surface area contributed by atoms with E-state index in [1.165, 1.54) is 22.0 Å². The van der Waals surface area contributed by atoms with E-state index in [-0.39, 0.29) is 0 Å². The lowest BCUT2D eigenvalue weighted by Crippen LogP contribution is -2.38. The fourth-order valence-corrected chi connectivity index (χ4v) is 3.22. The van der Waals surface area contributed by atoms with E-state index in [9.17, 15) is 0 Å². The van der Waals surface area contributed by atoms with E-state index < -0.39 is 0 Å².